The van der Waals surface area contributed by atoms with E-state index in [9.17, 15) is 0 Å². The monoisotopic (exact) mass is 439 g/mol. The Labute approximate surface area is 197 Å². The molecule has 3 aromatic rings. The van der Waals surface area contributed by atoms with Crippen molar-refractivity contribution in [3.63, 3.8) is 0 Å². The van der Waals surface area contributed by atoms with Crippen molar-refractivity contribution in [1.82, 2.24) is 4.90 Å². The lowest BCUT2D eigenvalue weighted by Gasteiger charge is -2.22. The lowest BCUT2D eigenvalue weighted by molar-refractivity contribution is 0.263. The van der Waals surface area contributed by atoms with E-state index in [1.165, 1.54) is 5.56 Å². The van der Waals surface area contributed by atoms with Crippen LogP contribution in [0.15, 0.2) is 72.8 Å². The summed E-state index contributed by atoms with van der Waals surface area (Å²) in [6.07, 6.45) is 11.8. The molecule has 4 nitrogen and oxygen atoms in total. The summed E-state index contributed by atoms with van der Waals surface area (Å²) in [6, 6.07) is 24.0. The Morgan fingerprint density at radius 1 is 0.818 bits per heavy atom. The van der Waals surface area contributed by atoms with Crippen LogP contribution in [0, 0.1) is 24.7 Å². The predicted octanol–water partition coefficient (Wildman–Crippen LogP) is 4.96. The lowest BCUT2D eigenvalue weighted by Crippen LogP contribution is -2.26. The van der Waals surface area contributed by atoms with Gasteiger partial charge in [0.05, 0.1) is 13.7 Å². The topological polar surface area (TPSA) is 30.9 Å². The van der Waals surface area contributed by atoms with Crippen molar-refractivity contribution in [2.75, 3.05) is 26.8 Å². The SMILES string of the molecule is C#CCOc1ccc(CCN(CC#C)Cc2cccc(OC)c2OCc2ccccc2)cc1. The van der Waals surface area contributed by atoms with Gasteiger partial charge in [0, 0.05) is 18.7 Å². The summed E-state index contributed by atoms with van der Waals surface area (Å²) in [5, 5.41) is 0. The van der Waals surface area contributed by atoms with Gasteiger partial charge in [-0.1, -0.05) is 66.4 Å². The van der Waals surface area contributed by atoms with Crippen molar-refractivity contribution >= 4 is 0 Å². The summed E-state index contributed by atoms with van der Waals surface area (Å²) < 4.78 is 17.2. The molecular formula is C29H29NO3. The summed E-state index contributed by atoms with van der Waals surface area (Å²) >= 11 is 0. The van der Waals surface area contributed by atoms with Gasteiger partial charge in [0.2, 0.25) is 0 Å². The zero-order valence-corrected chi connectivity index (χ0v) is 19.0. The number of nitrogens with zero attached hydrogens (tertiary/aromatic N) is 1. The maximum Gasteiger partial charge on any atom is 0.166 e. The van der Waals surface area contributed by atoms with E-state index in [0.29, 0.717) is 25.4 Å². The van der Waals surface area contributed by atoms with Crippen LogP contribution in [0.3, 0.4) is 0 Å². The first kappa shape index (κ1) is 23.8. The molecule has 0 atom stereocenters. The van der Waals surface area contributed by atoms with Gasteiger partial charge in [0.15, 0.2) is 11.5 Å². The van der Waals surface area contributed by atoms with Crippen LogP contribution in [-0.4, -0.2) is 31.7 Å². The molecule has 0 aliphatic carbocycles. The molecule has 168 valence electrons. The van der Waals surface area contributed by atoms with E-state index in [1.54, 1.807) is 7.11 Å². The van der Waals surface area contributed by atoms with E-state index in [1.807, 2.05) is 54.6 Å². The van der Waals surface area contributed by atoms with Crippen molar-refractivity contribution in [2.24, 2.45) is 0 Å². The summed E-state index contributed by atoms with van der Waals surface area (Å²) in [4.78, 5) is 2.23. The number of terminal acetylenes is 2. The van der Waals surface area contributed by atoms with Gasteiger partial charge < -0.3 is 14.2 Å². The highest BCUT2D eigenvalue weighted by Crippen LogP contribution is 2.32. The van der Waals surface area contributed by atoms with Crippen LogP contribution in [0.5, 0.6) is 17.2 Å². The Morgan fingerprint density at radius 3 is 2.30 bits per heavy atom. The minimum Gasteiger partial charge on any atom is -0.493 e. The highest BCUT2D eigenvalue weighted by molar-refractivity contribution is 5.47. The van der Waals surface area contributed by atoms with Gasteiger partial charge in [0.1, 0.15) is 19.0 Å². The Bertz CT molecular complexity index is 1080. The molecule has 0 fully saturated rings. The summed E-state index contributed by atoms with van der Waals surface area (Å²) in [6.45, 7) is 2.75. The molecule has 0 aromatic heterocycles. The van der Waals surface area contributed by atoms with Crippen molar-refractivity contribution in [3.05, 3.63) is 89.5 Å². The van der Waals surface area contributed by atoms with Crippen LogP contribution in [0.4, 0.5) is 0 Å². The zero-order valence-electron chi connectivity index (χ0n) is 19.0. The van der Waals surface area contributed by atoms with E-state index in [-0.39, 0.29) is 6.61 Å². The molecule has 3 aromatic carbocycles. The number of para-hydroxylation sites is 1. The molecule has 0 saturated heterocycles. The molecule has 0 spiro atoms. The first-order valence-electron chi connectivity index (χ1n) is 10.9. The summed E-state index contributed by atoms with van der Waals surface area (Å²) in [5.74, 6) is 7.49. The van der Waals surface area contributed by atoms with Gasteiger partial charge in [-0.15, -0.1) is 12.8 Å². The zero-order chi connectivity index (χ0) is 23.3. The van der Waals surface area contributed by atoms with Crippen molar-refractivity contribution in [1.29, 1.82) is 0 Å². The molecule has 0 N–H and O–H groups in total. The van der Waals surface area contributed by atoms with E-state index in [4.69, 9.17) is 27.1 Å². The van der Waals surface area contributed by atoms with E-state index >= 15 is 0 Å². The van der Waals surface area contributed by atoms with Crippen molar-refractivity contribution in [2.45, 2.75) is 19.6 Å². The molecule has 0 bridgehead atoms. The van der Waals surface area contributed by atoms with Gasteiger partial charge in [-0.05, 0) is 35.7 Å². The van der Waals surface area contributed by atoms with Crippen LogP contribution in [0.2, 0.25) is 0 Å². The third-order valence-corrected chi connectivity index (χ3v) is 5.18. The maximum atomic E-state index is 6.20. The number of hydrogen-bond donors (Lipinski definition) is 0. The second-order valence-corrected chi connectivity index (χ2v) is 7.52. The number of benzene rings is 3. The standard InChI is InChI=1S/C29H29NO3/c1-4-19-30(20-18-24-14-16-27(17-15-24)32-21-5-2)22-26-12-9-13-28(31-3)29(26)33-23-25-10-7-6-8-11-25/h1-2,6-17H,18-23H2,3H3. The van der Waals surface area contributed by atoms with Crippen LogP contribution >= 0.6 is 0 Å². The Morgan fingerprint density at radius 2 is 1.61 bits per heavy atom. The second kappa shape index (κ2) is 12.9. The van der Waals surface area contributed by atoms with Gasteiger partial charge in [-0.25, -0.2) is 0 Å². The number of ether oxygens (including phenoxy) is 3. The third-order valence-electron chi connectivity index (χ3n) is 5.18. The molecule has 0 radical (unpaired) electrons. The smallest absolute Gasteiger partial charge is 0.166 e. The predicted molar refractivity (Wildman–Crippen MR) is 132 cm³/mol. The average Bonchev–Trinajstić information content (AvgIpc) is 2.86. The van der Waals surface area contributed by atoms with Gasteiger partial charge in [-0.3, -0.25) is 4.90 Å². The molecule has 33 heavy (non-hydrogen) atoms. The molecule has 0 unspecified atom stereocenters. The highest BCUT2D eigenvalue weighted by Gasteiger charge is 2.14. The van der Waals surface area contributed by atoms with E-state index in [0.717, 1.165) is 35.6 Å². The quantitative estimate of drug-likeness (QED) is 0.373. The Kier molecular flexibility index (Phi) is 9.28. The fourth-order valence-corrected chi connectivity index (χ4v) is 3.49. The van der Waals surface area contributed by atoms with Crippen LogP contribution < -0.4 is 14.2 Å². The van der Waals surface area contributed by atoms with Crippen LogP contribution in [0.1, 0.15) is 16.7 Å². The molecule has 3 rings (SSSR count). The molecule has 0 aliphatic heterocycles. The van der Waals surface area contributed by atoms with Crippen molar-refractivity contribution in [3.8, 4) is 41.9 Å². The molecule has 0 aliphatic rings. The molecular weight excluding hydrogens is 410 g/mol. The molecule has 4 heteroatoms. The summed E-state index contributed by atoms with van der Waals surface area (Å²) in [7, 11) is 1.66. The lowest BCUT2D eigenvalue weighted by atomic mass is 10.1. The van der Waals surface area contributed by atoms with Gasteiger partial charge in [0.25, 0.3) is 0 Å². The number of rotatable bonds is 12. The Balaban J connectivity index is 1.68. The van der Waals surface area contributed by atoms with Crippen molar-refractivity contribution < 1.29 is 14.2 Å². The summed E-state index contributed by atoms with van der Waals surface area (Å²) in [5.41, 5.74) is 3.35. The number of hydrogen-bond acceptors (Lipinski definition) is 4. The average molecular weight is 440 g/mol. The minimum atomic E-state index is 0.268. The minimum absolute atomic E-state index is 0.268. The Hall–Kier alpha value is -3.86. The van der Waals surface area contributed by atoms with Crippen LogP contribution in [0.25, 0.3) is 0 Å². The largest absolute Gasteiger partial charge is 0.493 e. The second-order valence-electron chi connectivity index (χ2n) is 7.52. The molecule has 0 amide bonds. The normalized spacial score (nSPS) is 10.3. The highest BCUT2D eigenvalue weighted by atomic mass is 16.5. The fraction of sp³-hybridized carbons (Fsp3) is 0.241. The first-order chi connectivity index (χ1) is 16.2. The first-order valence-corrected chi connectivity index (χ1v) is 10.9. The van der Waals surface area contributed by atoms with E-state index < -0.39 is 0 Å². The molecule has 0 saturated carbocycles. The van der Waals surface area contributed by atoms with Gasteiger partial charge >= 0.3 is 0 Å². The third kappa shape index (κ3) is 7.35. The van der Waals surface area contributed by atoms with E-state index in [2.05, 4.69) is 34.9 Å². The molecule has 0 heterocycles. The van der Waals surface area contributed by atoms with Crippen LogP contribution in [-0.2, 0) is 19.6 Å². The van der Waals surface area contributed by atoms with Gasteiger partial charge in [-0.2, -0.15) is 0 Å². The maximum absolute atomic E-state index is 6.20. The fourth-order valence-electron chi connectivity index (χ4n) is 3.49. The number of methoxy groups -OCH3 is 1.